The molecular formula is C30H50O4. The topological polar surface area (TPSA) is 52.6 Å². The van der Waals surface area contributed by atoms with Gasteiger partial charge in [-0.2, -0.15) is 0 Å². The van der Waals surface area contributed by atoms with E-state index in [1.54, 1.807) is 0 Å². The fourth-order valence-corrected chi connectivity index (χ4v) is 3.89. The summed E-state index contributed by atoms with van der Waals surface area (Å²) in [6, 6.07) is 9.72. The van der Waals surface area contributed by atoms with E-state index < -0.39 is 22.7 Å². The van der Waals surface area contributed by atoms with E-state index in [0.717, 1.165) is 31.2 Å². The molecular weight excluding hydrogens is 424 g/mol. The molecule has 0 bridgehead atoms. The summed E-state index contributed by atoms with van der Waals surface area (Å²) in [5.74, 6) is 0.291. The predicted octanol–water partition coefficient (Wildman–Crippen LogP) is 7.89. The number of hydrogen-bond acceptors (Lipinski definition) is 4. The van der Waals surface area contributed by atoms with Crippen molar-refractivity contribution in [1.29, 1.82) is 0 Å². The lowest BCUT2D eigenvalue weighted by Gasteiger charge is -2.44. The minimum Gasteiger partial charge on any atom is -0.371 e. The highest BCUT2D eigenvalue weighted by atomic mass is 16.5. The van der Waals surface area contributed by atoms with Crippen LogP contribution in [0.3, 0.4) is 0 Å². The molecule has 1 aromatic carbocycles. The number of Topliss-reactive ketones (excluding diaryl/α,β-unsaturated/α-hetero) is 2. The molecule has 0 amide bonds. The molecule has 0 fully saturated rings. The third-order valence-electron chi connectivity index (χ3n) is 6.77. The lowest BCUT2D eigenvalue weighted by Crippen LogP contribution is -2.51. The number of ether oxygens (including phenoxy) is 2. The van der Waals surface area contributed by atoms with E-state index in [0.29, 0.717) is 6.42 Å². The van der Waals surface area contributed by atoms with Gasteiger partial charge in [0.15, 0.2) is 5.78 Å². The highest BCUT2D eigenvalue weighted by molar-refractivity contribution is 5.90. The monoisotopic (exact) mass is 474 g/mol. The second-order valence-corrected chi connectivity index (χ2v) is 12.6. The third kappa shape index (κ3) is 8.92. The lowest BCUT2D eigenvalue weighted by atomic mass is 9.71. The van der Waals surface area contributed by atoms with Crippen molar-refractivity contribution in [2.24, 2.45) is 10.8 Å². The fraction of sp³-hybridized carbons (Fsp3) is 0.733. The Morgan fingerprint density at radius 2 is 1.38 bits per heavy atom. The second kappa shape index (κ2) is 11.9. The molecule has 0 aliphatic carbocycles. The second-order valence-electron chi connectivity index (χ2n) is 12.6. The Hall–Kier alpha value is -1.52. The Morgan fingerprint density at radius 1 is 0.824 bits per heavy atom. The van der Waals surface area contributed by atoms with Gasteiger partial charge in [-0.3, -0.25) is 9.59 Å². The maximum absolute atomic E-state index is 14.0. The van der Waals surface area contributed by atoms with Gasteiger partial charge in [0, 0.05) is 11.8 Å². The molecule has 34 heavy (non-hydrogen) atoms. The van der Waals surface area contributed by atoms with Crippen molar-refractivity contribution in [3.63, 3.8) is 0 Å². The summed E-state index contributed by atoms with van der Waals surface area (Å²) in [4.78, 5) is 26.4. The summed E-state index contributed by atoms with van der Waals surface area (Å²) in [6.07, 6.45) is 3.38. The van der Waals surface area contributed by atoms with Gasteiger partial charge in [0.25, 0.3) is 0 Å². The van der Waals surface area contributed by atoms with E-state index in [2.05, 4.69) is 6.92 Å². The van der Waals surface area contributed by atoms with Crippen LogP contribution in [0.2, 0.25) is 0 Å². The molecule has 2 unspecified atom stereocenters. The van der Waals surface area contributed by atoms with Gasteiger partial charge in [-0.25, -0.2) is 0 Å². The average molecular weight is 475 g/mol. The number of ketones is 2. The van der Waals surface area contributed by atoms with Crippen LogP contribution in [0.5, 0.6) is 0 Å². The summed E-state index contributed by atoms with van der Waals surface area (Å²) < 4.78 is 13.0. The Morgan fingerprint density at radius 3 is 1.85 bits per heavy atom. The summed E-state index contributed by atoms with van der Waals surface area (Å²) in [7, 11) is 0. The molecule has 0 N–H and O–H groups in total. The number of hydrogen-bond donors (Lipinski definition) is 0. The van der Waals surface area contributed by atoms with Crippen LogP contribution in [-0.4, -0.2) is 28.9 Å². The first-order chi connectivity index (χ1) is 15.4. The zero-order chi connectivity index (χ0) is 26.4. The first kappa shape index (κ1) is 30.5. The number of benzene rings is 1. The first-order valence-electron chi connectivity index (χ1n) is 12.9. The molecule has 0 heterocycles. The molecule has 0 saturated heterocycles. The van der Waals surface area contributed by atoms with Crippen molar-refractivity contribution >= 4 is 11.6 Å². The molecule has 0 spiro atoms. The maximum atomic E-state index is 14.0. The van der Waals surface area contributed by atoms with Crippen LogP contribution in [0.15, 0.2) is 30.3 Å². The zero-order valence-corrected chi connectivity index (χ0v) is 23.7. The minimum atomic E-state index is -0.800. The van der Waals surface area contributed by atoms with Gasteiger partial charge in [0.1, 0.15) is 11.9 Å². The van der Waals surface area contributed by atoms with E-state index in [1.807, 2.05) is 99.6 Å². The Balaban J connectivity index is 3.08. The van der Waals surface area contributed by atoms with E-state index in [1.165, 1.54) is 0 Å². The lowest BCUT2D eigenvalue weighted by molar-refractivity contribution is -0.178. The molecule has 2 atom stereocenters. The van der Waals surface area contributed by atoms with E-state index in [-0.39, 0.29) is 23.1 Å². The van der Waals surface area contributed by atoms with Gasteiger partial charge in [-0.1, -0.05) is 78.3 Å². The fourth-order valence-electron chi connectivity index (χ4n) is 3.89. The number of carbonyl (C=O) groups is 2. The summed E-state index contributed by atoms with van der Waals surface area (Å²) >= 11 is 0. The van der Waals surface area contributed by atoms with Crippen molar-refractivity contribution in [3.8, 4) is 0 Å². The maximum Gasteiger partial charge on any atom is 0.174 e. The minimum absolute atomic E-state index is 0.00134. The van der Waals surface area contributed by atoms with Crippen LogP contribution in [0.4, 0.5) is 0 Å². The van der Waals surface area contributed by atoms with Gasteiger partial charge >= 0.3 is 0 Å². The summed E-state index contributed by atoms with van der Waals surface area (Å²) in [5.41, 5.74) is -1.44. The van der Waals surface area contributed by atoms with Gasteiger partial charge in [-0.05, 0) is 59.4 Å². The number of rotatable bonds is 13. The molecule has 0 radical (unpaired) electrons. The van der Waals surface area contributed by atoms with Crippen LogP contribution in [0.25, 0.3) is 0 Å². The van der Waals surface area contributed by atoms with Crippen LogP contribution in [0, 0.1) is 10.8 Å². The van der Waals surface area contributed by atoms with Crippen LogP contribution >= 0.6 is 0 Å². The highest BCUT2D eigenvalue weighted by Gasteiger charge is 2.48. The standard InChI is InChI=1S/C30H50O4/c1-12-17-23(20-16-21-24(31)27(2,3)4)33-30(10,11)29(8,9)26(32)25(34-28(5,6)7)22-18-14-13-15-19-22/h13-15,18-19,23,25H,12,16-17,20-21H2,1-11H3. The van der Waals surface area contributed by atoms with Crippen LogP contribution in [0.1, 0.15) is 120 Å². The SMILES string of the molecule is CCCC(CCCC(=O)C(C)(C)C)OC(C)(C)C(C)(C)C(=O)C(OC(C)(C)C)c1ccccc1. The van der Waals surface area contributed by atoms with Crippen molar-refractivity contribution in [2.45, 2.75) is 132 Å². The molecule has 4 nitrogen and oxygen atoms in total. The molecule has 1 aromatic rings. The molecule has 0 aliphatic rings. The Bertz CT molecular complexity index is 778. The molecule has 0 aromatic heterocycles. The first-order valence-corrected chi connectivity index (χ1v) is 12.9. The normalized spacial score (nSPS) is 15.1. The molecule has 0 aliphatic heterocycles. The molecule has 1 rings (SSSR count). The smallest absolute Gasteiger partial charge is 0.174 e. The van der Waals surface area contributed by atoms with Gasteiger partial charge in [0.2, 0.25) is 0 Å². The average Bonchev–Trinajstić information content (AvgIpc) is 2.70. The van der Waals surface area contributed by atoms with Crippen LogP contribution in [-0.2, 0) is 19.1 Å². The van der Waals surface area contributed by atoms with Crippen molar-refractivity contribution in [1.82, 2.24) is 0 Å². The van der Waals surface area contributed by atoms with Crippen LogP contribution < -0.4 is 0 Å². The Kier molecular flexibility index (Phi) is 10.7. The van der Waals surface area contributed by atoms with Gasteiger partial charge < -0.3 is 9.47 Å². The predicted molar refractivity (Wildman–Crippen MR) is 141 cm³/mol. The van der Waals surface area contributed by atoms with Crippen molar-refractivity contribution in [3.05, 3.63) is 35.9 Å². The summed E-state index contributed by atoms with van der Waals surface area (Å²) in [5, 5.41) is 0. The zero-order valence-electron chi connectivity index (χ0n) is 23.7. The van der Waals surface area contributed by atoms with E-state index in [4.69, 9.17) is 9.47 Å². The third-order valence-corrected chi connectivity index (χ3v) is 6.77. The largest absolute Gasteiger partial charge is 0.371 e. The molecule has 4 heteroatoms. The molecule has 194 valence electrons. The van der Waals surface area contributed by atoms with E-state index >= 15 is 0 Å². The van der Waals surface area contributed by atoms with Gasteiger partial charge in [-0.15, -0.1) is 0 Å². The highest BCUT2D eigenvalue weighted by Crippen LogP contribution is 2.42. The quantitative estimate of drug-likeness (QED) is 0.292. The van der Waals surface area contributed by atoms with Gasteiger partial charge in [0.05, 0.1) is 22.7 Å². The van der Waals surface area contributed by atoms with E-state index in [9.17, 15) is 9.59 Å². The van der Waals surface area contributed by atoms with Crippen molar-refractivity contribution < 1.29 is 19.1 Å². The van der Waals surface area contributed by atoms with Crippen molar-refractivity contribution in [2.75, 3.05) is 0 Å². The Labute approximate surface area is 209 Å². The summed E-state index contributed by atoms with van der Waals surface area (Å²) in [6.45, 7) is 21.9. The number of carbonyl (C=O) groups excluding carboxylic acids is 2. The molecule has 0 saturated carbocycles.